The molecule has 3 heterocycles. The van der Waals surface area contributed by atoms with Crippen LogP contribution < -0.4 is 4.74 Å². The van der Waals surface area contributed by atoms with Crippen molar-refractivity contribution in [3.63, 3.8) is 0 Å². The van der Waals surface area contributed by atoms with E-state index in [2.05, 4.69) is 4.98 Å². The normalized spacial score (nSPS) is 17.2. The van der Waals surface area contributed by atoms with Gasteiger partial charge in [0.1, 0.15) is 28.9 Å². The third-order valence-electron chi connectivity index (χ3n) is 7.06. The lowest BCUT2D eigenvalue weighted by molar-refractivity contribution is -0.131. The van der Waals surface area contributed by atoms with Crippen molar-refractivity contribution < 1.29 is 23.5 Å². The van der Waals surface area contributed by atoms with Gasteiger partial charge in [-0.3, -0.25) is 14.4 Å². The topological polar surface area (TPSA) is 83.1 Å². The van der Waals surface area contributed by atoms with E-state index >= 15 is 0 Å². The average molecular weight is 537 g/mol. The van der Waals surface area contributed by atoms with Crippen molar-refractivity contribution in [3.05, 3.63) is 81.1 Å². The summed E-state index contributed by atoms with van der Waals surface area (Å²) in [6.45, 7) is 5.84. The van der Waals surface area contributed by atoms with Crippen LogP contribution in [0.1, 0.15) is 52.1 Å². The molecule has 0 saturated carbocycles. The Bertz CT molecular complexity index is 1370. The van der Waals surface area contributed by atoms with Crippen molar-refractivity contribution in [1.29, 1.82) is 0 Å². The van der Waals surface area contributed by atoms with E-state index in [0.29, 0.717) is 61.2 Å². The van der Waals surface area contributed by atoms with Crippen molar-refractivity contribution in [2.24, 2.45) is 0 Å². The summed E-state index contributed by atoms with van der Waals surface area (Å²) in [5, 5.41) is 2.40. The quantitative estimate of drug-likeness (QED) is 0.497. The van der Waals surface area contributed by atoms with Crippen LogP contribution in [0.15, 0.2) is 47.8 Å². The van der Waals surface area contributed by atoms with Crippen molar-refractivity contribution in [3.8, 4) is 5.75 Å². The summed E-state index contributed by atoms with van der Waals surface area (Å²) < 4.78 is 20.1. The molecule has 3 amide bonds. The molecule has 0 radical (unpaired) electrons. The number of aromatic nitrogens is 1. The number of nitrogens with zero attached hydrogens (tertiary/aromatic N) is 4. The lowest BCUT2D eigenvalue weighted by Gasteiger charge is -2.37. The molecular weight excluding hydrogens is 507 g/mol. The SMILES string of the molecule is CC(=O)N1CCN(C(=O)c2csc(COc3ccc4c(c3)[C@H](c3cccc(F)c3)N(C(C)=O)CC4)n2)CC1. The Hall–Kier alpha value is -3.79. The third kappa shape index (κ3) is 5.40. The zero-order chi connectivity index (χ0) is 26.8. The molecule has 1 aromatic heterocycles. The smallest absolute Gasteiger partial charge is 0.273 e. The predicted octanol–water partition coefficient (Wildman–Crippen LogP) is 3.66. The van der Waals surface area contributed by atoms with Crippen LogP contribution in [0.3, 0.4) is 0 Å². The van der Waals surface area contributed by atoms with Gasteiger partial charge in [0.25, 0.3) is 5.91 Å². The number of benzene rings is 2. The van der Waals surface area contributed by atoms with Crippen molar-refractivity contribution in [1.82, 2.24) is 19.7 Å². The molecule has 0 spiro atoms. The number of halogens is 1. The van der Waals surface area contributed by atoms with Gasteiger partial charge in [-0.2, -0.15) is 0 Å². The second-order valence-electron chi connectivity index (χ2n) is 9.49. The molecule has 0 unspecified atom stereocenters. The Balaban J connectivity index is 1.29. The van der Waals surface area contributed by atoms with Crippen molar-refractivity contribution in [2.75, 3.05) is 32.7 Å². The summed E-state index contributed by atoms with van der Waals surface area (Å²) in [6.07, 6.45) is 0.708. The lowest BCUT2D eigenvalue weighted by atomic mass is 9.88. The van der Waals surface area contributed by atoms with Gasteiger partial charge in [-0.1, -0.05) is 18.2 Å². The van der Waals surface area contributed by atoms with Gasteiger partial charge in [0.05, 0.1) is 6.04 Å². The second-order valence-corrected chi connectivity index (χ2v) is 10.4. The van der Waals surface area contributed by atoms with Crippen LogP contribution in [-0.4, -0.2) is 70.1 Å². The Labute approximate surface area is 224 Å². The molecule has 2 aromatic carbocycles. The van der Waals surface area contributed by atoms with E-state index in [1.165, 1.54) is 37.3 Å². The van der Waals surface area contributed by atoms with Crippen molar-refractivity contribution in [2.45, 2.75) is 32.9 Å². The third-order valence-corrected chi connectivity index (χ3v) is 7.88. The number of thiazole rings is 1. The summed E-state index contributed by atoms with van der Waals surface area (Å²) in [4.78, 5) is 46.5. The Morgan fingerprint density at radius 3 is 2.47 bits per heavy atom. The maximum atomic E-state index is 14.1. The molecule has 2 aliphatic rings. The standard InChI is InChI=1S/C28H29FN4O4S/c1-18(34)31-10-12-32(13-11-31)28(36)25-17-38-26(30-25)16-37-23-7-6-20-8-9-33(19(2)35)27(24(20)15-23)21-4-3-5-22(29)14-21/h3-7,14-15,17,27H,8-13,16H2,1-2H3/t27-/m0/s1. The summed E-state index contributed by atoms with van der Waals surface area (Å²) in [6, 6.07) is 11.7. The molecule has 5 rings (SSSR count). The maximum Gasteiger partial charge on any atom is 0.273 e. The molecule has 8 nitrogen and oxygen atoms in total. The number of carbonyl (C=O) groups excluding carboxylic acids is 3. The van der Waals surface area contributed by atoms with Crippen LogP contribution in [0.25, 0.3) is 0 Å². The summed E-state index contributed by atoms with van der Waals surface area (Å²) in [7, 11) is 0. The van der Waals surface area contributed by atoms with Gasteiger partial charge in [-0.25, -0.2) is 9.37 Å². The fourth-order valence-corrected chi connectivity index (χ4v) is 5.74. The number of ether oxygens (including phenoxy) is 1. The van der Waals surface area contributed by atoms with E-state index in [4.69, 9.17) is 4.74 Å². The molecule has 1 fully saturated rings. The van der Waals surface area contributed by atoms with Gasteiger partial charge in [-0.05, 0) is 47.4 Å². The predicted molar refractivity (Wildman–Crippen MR) is 140 cm³/mol. The number of hydrogen-bond donors (Lipinski definition) is 0. The second kappa shape index (κ2) is 10.9. The molecule has 3 aromatic rings. The van der Waals surface area contributed by atoms with E-state index in [9.17, 15) is 18.8 Å². The van der Waals surface area contributed by atoms with Crippen LogP contribution in [-0.2, 0) is 22.6 Å². The van der Waals surface area contributed by atoms with Gasteiger partial charge in [0, 0.05) is 52.0 Å². The first-order valence-electron chi connectivity index (χ1n) is 12.6. The minimum atomic E-state index is -0.400. The fourth-order valence-electron chi connectivity index (χ4n) is 5.07. The van der Waals surface area contributed by atoms with Crippen molar-refractivity contribution >= 4 is 29.1 Å². The first-order chi connectivity index (χ1) is 18.3. The number of fused-ring (bicyclic) bond motifs is 1. The molecule has 0 N–H and O–H groups in total. The largest absolute Gasteiger partial charge is 0.486 e. The highest BCUT2D eigenvalue weighted by atomic mass is 32.1. The minimum absolute atomic E-state index is 0.0172. The Kier molecular flexibility index (Phi) is 7.42. The number of piperazine rings is 1. The average Bonchev–Trinajstić information content (AvgIpc) is 3.39. The highest BCUT2D eigenvalue weighted by Crippen LogP contribution is 2.37. The van der Waals surface area contributed by atoms with E-state index in [1.807, 2.05) is 24.3 Å². The van der Waals surface area contributed by atoms with Gasteiger partial charge in [0.2, 0.25) is 11.8 Å². The molecule has 1 atom stereocenters. The molecule has 10 heteroatoms. The van der Waals surface area contributed by atoms with Crippen LogP contribution >= 0.6 is 11.3 Å². The molecule has 1 saturated heterocycles. The zero-order valence-corrected chi connectivity index (χ0v) is 22.2. The minimum Gasteiger partial charge on any atom is -0.486 e. The van der Waals surface area contributed by atoms with Gasteiger partial charge >= 0.3 is 0 Å². The van der Waals surface area contributed by atoms with Gasteiger partial charge in [0.15, 0.2) is 0 Å². The molecule has 198 valence electrons. The van der Waals surface area contributed by atoms with Crippen LogP contribution in [0.4, 0.5) is 4.39 Å². The summed E-state index contributed by atoms with van der Waals surface area (Å²) in [5.74, 6) is 0.0636. The number of carbonyl (C=O) groups is 3. The van der Waals surface area contributed by atoms with Crippen LogP contribution in [0.2, 0.25) is 0 Å². The Morgan fingerprint density at radius 2 is 1.76 bits per heavy atom. The van der Waals surface area contributed by atoms with E-state index in [0.717, 1.165) is 11.1 Å². The number of hydrogen-bond acceptors (Lipinski definition) is 6. The van der Waals surface area contributed by atoms with Crippen LogP contribution in [0.5, 0.6) is 5.75 Å². The molecule has 38 heavy (non-hydrogen) atoms. The zero-order valence-electron chi connectivity index (χ0n) is 21.4. The first-order valence-corrected chi connectivity index (χ1v) is 13.5. The first kappa shape index (κ1) is 25.8. The molecule has 0 bridgehead atoms. The van der Waals surface area contributed by atoms with Crippen LogP contribution in [0, 0.1) is 5.82 Å². The molecule has 2 aliphatic heterocycles. The highest BCUT2D eigenvalue weighted by molar-refractivity contribution is 7.09. The molecular formula is C28H29FN4O4S. The number of amides is 3. The monoisotopic (exact) mass is 536 g/mol. The van der Waals surface area contributed by atoms with E-state index in [-0.39, 0.29) is 30.1 Å². The highest BCUT2D eigenvalue weighted by Gasteiger charge is 2.31. The molecule has 0 aliphatic carbocycles. The maximum absolute atomic E-state index is 14.1. The summed E-state index contributed by atoms with van der Waals surface area (Å²) >= 11 is 1.36. The van der Waals surface area contributed by atoms with Gasteiger partial charge in [-0.15, -0.1) is 11.3 Å². The van der Waals surface area contributed by atoms with E-state index < -0.39 is 6.04 Å². The lowest BCUT2D eigenvalue weighted by Crippen LogP contribution is -2.50. The number of rotatable bonds is 5. The summed E-state index contributed by atoms with van der Waals surface area (Å²) in [5.41, 5.74) is 3.09. The fraction of sp³-hybridized carbons (Fsp3) is 0.357. The van der Waals surface area contributed by atoms with E-state index in [1.54, 1.807) is 26.1 Å². The Morgan fingerprint density at radius 1 is 1.00 bits per heavy atom. The van der Waals surface area contributed by atoms with Gasteiger partial charge < -0.3 is 19.4 Å².